The smallest absolute Gasteiger partial charge is 0.394 e. The lowest BCUT2D eigenvalue weighted by Crippen LogP contribution is -2.33. The number of aromatic nitrogens is 4. The molecule has 2 aromatic heterocycles. The molecule has 0 aromatic carbocycles. The molecule has 2 saturated heterocycles. The summed E-state index contributed by atoms with van der Waals surface area (Å²) in [6, 6.07) is 0. The SMILES string of the molecule is CCCCCCCCCCCCCCCCOP(=O)(OC[C@H]1O[C@@H](n2cc(C)c(=O)[nH]c2=O)C[C@@H]1O)O[C@H]1C[C@H](n2cc(C)c(=O)[nH]c2=O)O[C@@H]1CO. The van der Waals surface area contributed by atoms with Crippen LogP contribution in [0, 0.1) is 13.8 Å². The molecular weight excluding hydrogens is 711 g/mol. The highest BCUT2D eigenvalue weighted by molar-refractivity contribution is 7.48. The average molecular weight is 771 g/mol. The van der Waals surface area contributed by atoms with Gasteiger partial charge in [-0.3, -0.25) is 42.3 Å². The van der Waals surface area contributed by atoms with E-state index in [9.17, 15) is 34.0 Å². The van der Waals surface area contributed by atoms with Gasteiger partial charge in [-0.25, -0.2) is 14.2 Å². The number of rotatable bonds is 24. The van der Waals surface area contributed by atoms with Crippen LogP contribution in [0.2, 0.25) is 0 Å². The van der Waals surface area contributed by atoms with Gasteiger partial charge in [0.15, 0.2) is 0 Å². The van der Waals surface area contributed by atoms with Crippen molar-refractivity contribution >= 4 is 7.82 Å². The maximum Gasteiger partial charge on any atom is 0.475 e. The molecule has 16 nitrogen and oxygen atoms in total. The Labute approximate surface area is 309 Å². The Bertz CT molecular complexity index is 1710. The van der Waals surface area contributed by atoms with E-state index in [1.165, 1.54) is 99.6 Å². The molecule has 300 valence electrons. The van der Waals surface area contributed by atoms with E-state index in [0.717, 1.165) is 19.3 Å². The van der Waals surface area contributed by atoms with Crippen LogP contribution in [0.25, 0.3) is 0 Å². The number of nitrogens with one attached hydrogen (secondary N) is 2. The fourth-order valence-electron chi connectivity index (χ4n) is 6.68. The van der Waals surface area contributed by atoms with Gasteiger partial charge in [0.1, 0.15) is 30.8 Å². The lowest BCUT2D eigenvalue weighted by Gasteiger charge is -2.25. The van der Waals surface area contributed by atoms with Gasteiger partial charge in [0, 0.05) is 36.4 Å². The molecule has 4 rings (SSSR count). The Morgan fingerprint density at radius 2 is 1.21 bits per heavy atom. The van der Waals surface area contributed by atoms with E-state index in [0.29, 0.717) is 6.42 Å². The van der Waals surface area contributed by atoms with Crippen molar-refractivity contribution in [3.63, 3.8) is 0 Å². The van der Waals surface area contributed by atoms with Gasteiger partial charge in [0.25, 0.3) is 11.1 Å². The van der Waals surface area contributed by atoms with Crippen LogP contribution in [-0.2, 0) is 27.6 Å². The van der Waals surface area contributed by atoms with Gasteiger partial charge < -0.3 is 19.7 Å². The van der Waals surface area contributed by atoms with Crippen LogP contribution >= 0.6 is 7.82 Å². The molecule has 1 unspecified atom stereocenters. The van der Waals surface area contributed by atoms with Crippen LogP contribution in [0.15, 0.2) is 31.6 Å². The van der Waals surface area contributed by atoms with E-state index in [1.807, 2.05) is 0 Å². The molecule has 17 heteroatoms. The molecule has 7 atom stereocenters. The number of aromatic amines is 2. The quantitative estimate of drug-likeness (QED) is 0.0849. The summed E-state index contributed by atoms with van der Waals surface area (Å²) in [4.78, 5) is 53.1. The van der Waals surface area contributed by atoms with Gasteiger partial charge in [0.2, 0.25) is 0 Å². The van der Waals surface area contributed by atoms with E-state index >= 15 is 0 Å². The van der Waals surface area contributed by atoms with Crippen molar-refractivity contribution in [2.24, 2.45) is 0 Å². The zero-order chi connectivity index (χ0) is 38.4. The Morgan fingerprint density at radius 3 is 1.72 bits per heavy atom. The number of aryl methyl sites for hydroxylation is 2. The van der Waals surface area contributed by atoms with Gasteiger partial charge in [-0.2, -0.15) is 0 Å². The summed E-state index contributed by atoms with van der Waals surface area (Å²) in [5.74, 6) is 0. The zero-order valence-electron chi connectivity index (χ0n) is 31.4. The summed E-state index contributed by atoms with van der Waals surface area (Å²) >= 11 is 0. The van der Waals surface area contributed by atoms with Gasteiger partial charge >= 0.3 is 19.2 Å². The Morgan fingerprint density at radius 1 is 0.736 bits per heavy atom. The van der Waals surface area contributed by atoms with Crippen LogP contribution in [-0.4, -0.2) is 73.6 Å². The lowest BCUT2D eigenvalue weighted by atomic mass is 10.0. The number of phosphoric acid groups is 1. The summed E-state index contributed by atoms with van der Waals surface area (Å²) in [7, 11) is -4.39. The number of hydrogen-bond acceptors (Lipinski definition) is 12. The zero-order valence-corrected chi connectivity index (χ0v) is 32.3. The van der Waals surface area contributed by atoms with Crippen LogP contribution in [0.3, 0.4) is 0 Å². The molecule has 53 heavy (non-hydrogen) atoms. The van der Waals surface area contributed by atoms with E-state index in [2.05, 4.69) is 16.9 Å². The van der Waals surface area contributed by atoms with Crippen LogP contribution in [0.1, 0.15) is 133 Å². The second-order valence-corrected chi connectivity index (χ2v) is 15.9. The number of hydrogen-bond donors (Lipinski definition) is 4. The second kappa shape index (κ2) is 21.4. The number of ether oxygens (including phenoxy) is 2. The molecule has 2 aliphatic rings. The summed E-state index contributed by atoms with van der Waals surface area (Å²) in [6.07, 6.45) is 13.0. The fraction of sp³-hybridized carbons (Fsp3) is 0.778. The maximum atomic E-state index is 14.2. The van der Waals surface area contributed by atoms with E-state index < -0.39 is 80.4 Å². The molecule has 4 N–H and O–H groups in total. The standard InChI is InChI=1S/C36H59N4O12P/c1-4-5-6-7-8-9-10-11-12-13-14-15-16-17-18-48-53(47,49-24-30-27(42)19-31(51-30)39-21-25(2)33(43)37-35(39)45)52-28-20-32(50-29(28)23-41)40-22-26(3)34(44)38-36(40)46/h21-22,27-32,41-42H,4-20,23-24H2,1-3H3,(H,37,43,45)(H,38,44,46)/t27-,28-,29+,30+,31+,32+,53?/m0/s1. The molecule has 2 aromatic rings. The highest BCUT2D eigenvalue weighted by Crippen LogP contribution is 2.53. The highest BCUT2D eigenvalue weighted by Gasteiger charge is 2.44. The van der Waals surface area contributed by atoms with Crippen molar-refractivity contribution in [1.29, 1.82) is 0 Å². The number of H-pyrrole nitrogens is 2. The predicted molar refractivity (Wildman–Crippen MR) is 197 cm³/mol. The second-order valence-electron chi connectivity index (χ2n) is 14.3. The van der Waals surface area contributed by atoms with Gasteiger partial charge in [-0.15, -0.1) is 0 Å². The Hall–Kier alpha value is -2.69. The molecule has 0 saturated carbocycles. The van der Waals surface area contributed by atoms with Gasteiger partial charge in [-0.1, -0.05) is 90.4 Å². The number of aliphatic hydroxyl groups excluding tert-OH is 2. The number of unbranched alkanes of at least 4 members (excludes halogenated alkanes) is 13. The van der Waals surface area contributed by atoms with Gasteiger partial charge in [0.05, 0.1) is 25.9 Å². The predicted octanol–water partition coefficient (Wildman–Crippen LogP) is 4.64. The minimum Gasteiger partial charge on any atom is -0.394 e. The molecule has 0 radical (unpaired) electrons. The van der Waals surface area contributed by atoms with Crippen molar-refractivity contribution in [1.82, 2.24) is 19.1 Å². The molecular formula is C36H59N4O12P. The normalized spacial score (nSPS) is 24.2. The molecule has 4 heterocycles. The minimum atomic E-state index is -4.39. The summed E-state index contributed by atoms with van der Waals surface area (Å²) in [5.41, 5.74) is -1.92. The van der Waals surface area contributed by atoms with E-state index in [-0.39, 0.29) is 30.6 Å². The first-order valence-corrected chi connectivity index (χ1v) is 20.7. The average Bonchev–Trinajstić information content (AvgIpc) is 3.70. The van der Waals surface area contributed by atoms with Crippen molar-refractivity contribution in [3.8, 4) is 0 Å². The van der Waals surface area contributed by atoms with Crippen molar-refractivity contribution < 1.29 is 37.8 Å². The number of aliphatic hydroxyl groups is 2. The first-order chi connectivity index (χ1) is 25.4. The van der Waals surface area contributed by atoms with Crippen LogP contribution < -0.4 is 22.5 Å². The monoisotopic (exact) mass is 770 g/mol. The molecule has 0 spiro atoms. The summed E-state index contributed by atoms with van der Waals surface area (Å²) < 4.78 is 45.7. The third kappa shape index (κ3) is 13.0. The molecule has 0 aliphatic carbocycles. The molecule has 2 aliphatic heterocycles. The fourth-order valence-corrected chi connectivity index (χ4v) is 8.12. The maximum absolute atomic E-state index is 14.2. The molecule has 0 amide bonds. The Balaban J connectivity index is 1.32. The van der Waals surface area contributed by atoms with Crippen LogP contribution in [0.5, 0.6) is 0 Å². The number of nitrogens with zero attached hydrogens (tertiary/aromatic N) is 2. The summed E-state index contributed by atoms with van der Waals surface area (Å²) in [6.45, 7) is 4.40. The first kappa shape index (κ1) is 43.0. The third-order valence-corrected chi connectivity index (χ3v) is 11.4. The number of phosphoric ester groups is 1. The highest BCUT2D eigenvalue weighted by atomic mass is 31.2. The van der Waals surface area contributed by atoms with Crippen LogP contribution in [0.4, 0.5) is 0 Å². The largest absolute Gasteiger partial charge is 0.475 e. The van der Waals surface area contributed by atoms with Crippen molar-refractivity contribution in [2.45, 2.75) is 160 Å². The Kier molecular flexibility index (Phi) is 17.4. The minimum absolute atomic E-state index is 0.00253. The van der Waals surface area contributed by atoms with E-state index in [1.54, 1.807) is 0 Å². The van der Waals surface area contributed by atoms with E-state index in [4.69, 9.17) is 23.0 Å². The van der Waals surface area contributed by atoms with Crippen molar-refractivity contribution in [3.05, 3.63) is 65.2 Å². The van der Waals surface area contributed by atoms with Gasteiger partial charge in [-0.05, 0) is 20.3 Å². The topological polar surface area (TPSA) is 213 Å². The van der Waals surface area contributed by atoms with Crippen molar-refractivity contribution in [2.75, 3.05) is 19.8 Å². The molecule has 2 fully saturated rings. The molecule has 0 bridgehead atoms. The summed E-state index contributed by atoms with van der Waals surface area (Å²) in [5, 5.41) is 20.9. The first-order valence-electron chi connectivity index (χ1n) is 19.3. The third-order valence-electron chi connectivity index (χ3n) is 9.89. The lowest BCUT2D eigenvalue weighted by molar-refractivity contribution is -0.0602.